The summed E-state index contributed by atoms with van der Waals surface area (Å²) in [6, 6.07) is 3.93. The smallest absolute Gasteiger partial charge is 0.224 e. The van der Waals surface area contributed by atoms with Crippen LogP contribution in [-0.4, -0.2) is 52.1 Å². The lowest BCUT2D eigenvalue weighted by Crippen LogP contribution is -2.29. The van der Waals surface area contributed by atoms with Crippen LogP contribution in [0.3, 0.4) is 0 Å². The van der Waals surface area contributed by atoms with Gasteiger partial charge in [0, 0.05) is 38.9 Å². The second-order valence-electron chi connectivity index (χ2n) is 6.04. The molecule has 1 atom stereocenters. The van der Waals surface area contributed by atoms with Crippen molar-refractivity contribution < 1.29 is 9.53 Å². The summed E-state index contributed by atoms with van der Waals surface area (Å²) in [6.45, 7) is 5.11. The number of aryl methyl sites for hydroxylation is 1. The van der Waals surface area contributed by atoms with Crippen LogP contribution in [0.5, 0.6) is 0 Å². The minimum Gasteiger partial charge on any atom is -0.384 e. The number of likely N-dealkylation sites (tertiary alicyclic amines) is 1. The van der Waals surface area contributed by atoms with E-state index in [2.05, 4.69) is 16.5 Å². The number of carbonyl (C=O) groups excluding carboxylic acids is 1. The summed E-state index contributed by atoms with van der Waals surface area (Å²) in [7, 11) is 1.63. The fourth-order valence-electron chi connectivity index (χ4n) is 3.28. The maximum Gasteiger partial charge on any atom is 0.224 e. The van der Waals surface area contributed by atoms with E-state index >= 15 is 0 Å². The van der Waals surface area contributed by atoms with E-state index < -0.39 is 0 Å². The molecule has 2 aromatic heterocycles. The third-order valence-corrected chi connectivity index (χ3v) is 4.41. The molecule has 3 heterocycles. The van der Waals surface area contributed by atoms with Gasteiger partial charge in [0.15, 0.2) is 5.65 Å². The highest BCUT2D eigenvalue weighted by atomic mass is 16.5. The van der Waals surface area contributed by atoms with Gasteiger partial charge in [-0.15, -0.1) is 0 Å². The number of carbonyl (C=O) groups is 1. The maximum absolute atomic E-state index is 12.2. The van der Waals surface area contributed by atoms with E-state index in [-0.39, 0.29) is 5.91 Å². The number of rotatable bonds is 6. The van der Waals surface area contributed by atoms with Gasteiger partial charge in [0.05, 0.1) is 13.0 Å². The molecule has 1 saturated heterocycles. The van der Waals surface area contributed by atoms with Crippen molar-refractivity contribution in [3.05, 3.63) is 24.2 Å². The van der Waals surface area contributed by atoms with Gasteiger partial charge in [0.25, 0.3) is 0 Å². The van der Waals surface area contributed by atoms with Crippen LogP contribution in [0.1, 0.15) is 37.9 Å². The molecular weight excluding hydrogens is 292 g/mol. The number of ether oxygens (including phenoxy) is 1. The Hall–Kier alpha value is -1.95. The van der Waals surface area contributed by atoms with Gasteiger partial charge >= 0.3 is 0 Å². The molecule has 1 aliphatic heterocycles. The van der Waals surface area contributed by atoms with Crippen LogP contribution in [-0.2, 0) is 16.1 Å². The van der Waals surface area contributed by atoms with E-state index in [1.165, 1.54) is 0 Å². The average molecular weight is 316 g/mol. The standard InChI is InChI=1S/C17H24N4O2/c1-3-9-21-16(19-14-5-4-8-18-17(14)21)13-6-10-20(12-13)15(22)7-11-23-2/h4-5,8,13H,3,6-7,9-12H2,1-2H3. The zero-order valence-corrected chi connectivity index (χ0v) is 13.9. The van der Waals surface area contributed by atoms with Crippen LogP contribution in [0.4, 0.5) is 0 Å². The SMILES string of the molecule is CCCn1c(C2CCN(C(=O)CCOC)C2)nc2cccnc21. The highest BCUT2D eigenvalue weighted by Crippen LogP contribution is 2.29. The summed E-state index contributed by atoms with van der Waals surface area (Å²) in [5.74, 6) is 1.54. The van der Waals surface area contributed by atoms with Crippen molar-refractivity contribution >= 4 is 17.1 Å². The van der Waals surface area contributed by atoms with Crippen LogP contribution in [0.25, 0.3) is 11.2 Å². The Morgan fingerprint density at radius 2 is 2.35 bits per heavy atom. The molecule has 2 aromatic rings. The summed E-state index contributed by atoms with van der Waals surface area (Å²) in [5.41, 5.74) is 1.90. The first-order chi connectivity index (χ1) is 11.2. The second kappa shape index (κ2) is 7.08. The molecule has 1 unspecified atom stereocenters. The van der Waals surface area contributed by atoms with Gasteiger partial charge in [-0.1, -0.05) is 6.92 Å². The van der Waals surface area contributed by atoms with E-state index in [9.17, 15) is 4.79 Å². The summed E-state index contributed by atoms with van der Waals surface area (Å²) in [6.07, 6.45) is 4.27. The number of methoxy groups -OCH3 is 1. The molecule has 6 nitrogen and oxygen atoms in total. The maximum atomic E-state index is 12.2. The van der Waals surface area contributed by atoms with Gasteiger partial charge in [-0.05, 0) is 25.0 Å². The molecule has 0 N–H and O–H groups in total. The molecule has 1 amide bonds. The largest absolute Gasteiger partial charge is 0.384 e. The van der Waals surface area contributed by atoms with Gasteiger partial charge in [-0.2, -0.15) is 0 Å². The molecule has 0 bridgehead atoms. The molecule has 1 aliphatic rings. The Bertz CT molecular complexity index is 682. The Morgan fingerprint density at radius 1 is 1.48 bits per heavy atom. The number of hydrogen-bond donors (Lipinski definition) is 0. The van der Waals surface area contributed by atoms with Gasteiger partial charge in [-0.3, -0.25) is 4.79 Å². The number of hydrogen-bond acceptors (Lipinski definition) is 4. The number of amides is 1. The third kappa shape index (κ3) is 3.22. The molecule has 124 valence electrons. The number of fused-ring (bicyclic) bond motifs is 1. The molecular formula is C17H24N4O2. The van der Waals surface area contributed by atoms with Crippen LogP contribution in [0.2, 0.25) is 0 Å². The lowest BCUT2D eigenvalue weighted by molar-refractivity contribution is -0.131. The lowest BCUT2D eigenvalue weighted by Gasteiger charge is -2.17. The zero-order valence-electron chi connectivity index (χ0n) is 13.9. The predicted molar refractivity (Wildman–Crippen MR) is 88.3 cm³/mol. The van der Waals surface area contributed by atoms with Gasteiger partial charge in [-0.25, -0.2) is 9.97 Å². The first-order valence-corrected chi connectivity index (χ1v) is 8.32. The van der Waals surface area contributed by atoms with Crippen molar-refractivity contribution in [1.29, 1.82) is 0 Å². The molecule has 6 heteroatoms. The van der Waals surface area contributed by atoms with E-state index in [0.29, 0.717) is 18.9 Å². The molecule has 0 aromatic carbocycles. The predicted octanol–water partition coefficient (Wildman–Crippen LogP) is 2.19. The fraction of sp³-hybridized carbons (Fsp3) is 0.588. The summed E-state index contributed by atoms with van der Waals surface area (Å²) >= 11 is 0. The summed E-state index contributed by atoms with van der Waals surface area (Å²) in [4.78, 5) is 23.4. The molecule has 0 aliphatic carbocycles. The van der Waals surface area contributed by atoms with Crippen LogP contribution < -0.4 is 0 Å². The van der Waals surface area contributed by atoms with Crippen molar-refractivity contribution in [2.24, 2.45) is 0 Å². The first kappa shape index (κ1) is 15.9. The molecule has 0 spiro atoms. The van der Waals surface area contributed by atoms with E-state index in [1.54, 1.807) is 7.11 Å². The molecule has 0 radical (unpaired) electrons. The van der Waals surface area contributed by atoms with E-state index in [1.807, 2.05) is 23.2 Å². The zero-order chi connectivity index (χ0) is 16.2. The van der Waals surface area contributed by atoms with E-state index in [0.717, 1.165) is 49.5 Å². The molecule has 1 fully saturated rings. The number of nitrogens with zero attached hydrogens (tertiary/aromatic N) is 4. The second-order valence-corrected chi connectivity index (χ2v) is 6.04. The van der Waals surface area contributed by atoms with Crippen LogP contribution >= 0.6 is 0 Å². The van der Waals surface area contributed by atoms with Crippen molar-refractivity contribution in [1.82, 2.24) is 19.4 Å². The Labute approximate surface area is 136 Å². The normalized spacial score (nSPS) is 18.0. The first-order valence-electron chi connectivity index (χ1n) is 8.32. The average Bonchev–Trinajstić information content (AvgIpc) is 3.18. The summed E-state index contributed by atoms with van der Waals surface area (Å²) in [5, 5.41) is 0. The summed E-state index contributed by atoms with van der Waals surface area (Å²) < 4.78 is 7.23. The van der Waals surface area contributed by atoms with Crippen molar-refractivity contribution in [2.45, 2.75) is 38.6 Å². The fourth-order valence-corrected chi connectivity index (χ4v) is 3.28. The number of pyridine rings is 1. The van der Waals surface area contributed by atoms with Crippen molar-refractivity contribution in [3.8, 4) is 0 Å². The minimum absolute atomic E-state index is 0.172. The van der Waals surface area contributed by atoms with Crippen LogP contribution in [0.15, 0.2) is 18.3 Å². The molecule has 23 heavy (non-hydrogen) atoms. The highest BCUT2D eigenvalue weighted by molar-refractivity contribution is 5.77. The quantitative estimate of drug-likeness (QED) is 0.819. The third-order valence-electron chi connectivity index (χ3n) is 4.41. The lowest BCUT2D eigenvalue weighted by atomic mass is 10.1. The Balaban J connectivity index is 1.81. The van der Waals surface area contributed by atoms with Gasteiger partial charge < -0.3 is 14.2 Å². The minimum atomic E-state index is 0.172. The van der Waals surface area contributed by atoms with Crippen molar-refractivity contribution in [2.75, 3.05) is 26.8 Å². The molecule has 0 saturated carbocycles. The molecule has 3 rings (SSSR count). The Morgan fingerprint density at radius 3 is 3.13 bits per heavy atom. The monoisotopic (exact) mass is 316 g/mol. The van der Waals surface area contributed by atoms with Crippen molar-refractivity contribution in [3.63, 3.8) is 0 Å². The Kier molecular flexibility index (Phi) is 4.91. The van der Waals surface area contributed by atoms with Crippen LogP contribution in [0, 0.1) is 0 Å². The number of aromatic nitrogens is 3. The van der Waals surface area contributed by atoms with E-state index in [4.69, 9.17) is 9.72 Å². The topological polar surface area (TPSA) is 60.2 Å². The highest BCUT2D eigenvalue weighted by Gasteiger charge is 2.30. The van der Waals surface area contributed by atoms with Gasteiger partial charge in [0.2, 0.25) is 5.91 Å². The van der Waals surface area contributed by atoms with Gasteiger partial charge in [0.1, 0.15) is 11.3 Å². The number of imidazole rings is 1.